The lowest BCUT2D eigenvalue weighted by Crippen LogP contribution is -2.58. The summed E-state index contributed by atoms with van der Waals surface area (Å²) in [6, 6.07) is 8.49. The Kier molecular flexibility index (Phi) is 17.5. The number of epoxide rings is 1. The van der Waals surface area contributed by atoms with Gasteiger partial charge >= 0.3 is 5.97 Å². The van der Waals surface area contributed by atoms with Crippen molar-refractivity contribution in [3.05, 3.63) is 76.3 Å². The summed E-state index contributed by atoms with van der Waals surface area (Å²) in [5.41, 5.74) is 7.13. The number of esters is 1. The quantitative estimate of drug-likeness (QED) is 0.117. The number of ether oxygens (including phenoxy) is 3. The Morgan fingerprint density at radius 3 is 2.21 bits per heavy atom. The van der Waals surface area contributed by atoms with Gasteiger partial charge in [0.2, 0.25) is 29.5 Å². The minimum absolute atomic E-state index is 0.0238. The second-order valence-corrected chi connectivity index (χ2v) is 18.2. The van der Waals surface area contributed by atoms with E-state index in [1.54, 1.807) is 52.0 Å². The third-order valence-electron chi connectivity index (χ3n) is 11.7. The molecule has 2 aliphatic heterocycles. The third-order valence-corrected chi connectivity index (χ3v) is 12.0. The number of hydrogen-bond donors (Lipinski definition) is 6. The number of nitrogens with two attached hydrogens (primary N) is 1. The molecular formula is C46H65ClN6O9. The van der Waals surface area contributed by atoms with Gasteiger partial charge in [0.05, 0.1) is 29.7 Å². The van der Waals surface area contributed by atoms with Crippen molar-refractivity contribution in [2.45, 2.75) is 137 Å². The molecule has 16 heteroatoms. The van der Waals surface area contributed by atoms with Crippen molar-refractivity contribution in [2.75, 3.05) is 7.11 Å². The van der Waals surface area contributed by atoms with Crippen LogP contribution in [-0.4, -0.2) is 85.0 Å². The van der Waals surface area contributed by atoms with Crippen LogP contribution >= 0.6 is 11.6 Å². The Bertz CT molecular complexity index is 1950. The van der Waals surface area contributed by atoms with E-state index in [-0.39, 0.29) is 61.2 Å². The Hall–Kier alpha value is -4.99. The normalized spacial score (nSPS) is 25.3. The van der Waals surface area contributed by atoms with E-state index < -0.39 is 65.4 Å². The summed E-state index contributed by atoms with van der Waals surface area (Å²) in [6.07, 6.45) is 2.08. The minimum atomic E-state index is -1.18. The largest absolute Gasteiger partial charge is 0.495 e. The Morgan fingerprint density at radius 2 is 1.60 bits per heavy atom. The first kappa shape index (κ1) is 49.7. The number of amides is 5. The molecule has 0 saturated carbocycles. The van der Waals surface area contributed by atoms with E-state index in [0.29, 0.717) is 22.8 Å². The summed E-state index contributed by atoms with van der Waals surface area (Å²) in [6.45, 7) is 16.4. The average molecular weight is 882 g/mol. The maximum absolute atomic E-state index is 14.0. The predicted molar refractivity (Wildman–Crippen MR) is 236 cm³/mol. The van der Waals surface area contributed by atoms with Gasteiger partial charge in [0.1, 0.15) is 36.1 Å². The highest BCUT2D eigenvalue weighted by Crippen LogP contribution is 2.45. The summed E-state index contributed by atoms with van der Waals surface area (Å²) in [7, 11) is 1.50. The summed E-state index contributed by atoms with van der Waals surface area (Å²) >= 11 is 6.38. The predicted octanol–water partition coefficient (Wildman–Crippen LogP) is 4.19. The average Bonchev–Trinajstić information content (AvgIpc) is 4.02. The van der Waals surface area contributed by atoms with Crippen LogP contribution < -0.4 is 37.1 Å². The fraction of sp³-hybridized carbons (Fsp3) is 0.565. The van der Waals surface area contributed by atoms with Crippen LogP contribution in [0.3, 0.4) is 0 Å². The molecule has 2 aromatic carbocycles. The molecule has 2 heterocycles. The number of cyclic esters (lactones) is 1. The zero-order chi connectivity index (χ0) is 46.1. The molecule has 15 nitrogen and oxygen atoms in total. The summed E-state index contributed by atoms with van der Waals surface area (Å²) in [5, 5.41) is 14.5. The van der Waals surface area contributed by atoms with Gasteiger partial charge in [-0.1, -0.05) is 82.6 Å². The van der Waals surface area contributed by atoms with Crippen molar-refractivity contribution in [2.24, 2.45) is 28.9 Å². The number of carbonyl (C=O) groups excluding carboxylic acids is 6. The van der Waals surface area contributed by atoms with Crippen molar-refractivity contribution in [3.63, 3.8) is 0 Å². The number of rotatable bonds is 14. The summed E-state index contributed by atoms with van der Waals surface area (Å²) in [5.74, 6) is -2.75. The van der Waals surface area contributed by atoms with Crippen LogP contribution in [0.15, 0.2) is 54.6 Å². The zero-order valence-electron chi connectivity index (χ0n) is 37.5. The van der Waals surface area contributed by atoms with Crippen molar-refractivity contribution in [1.82, 2.24) is 26.6 Å². The van der Waals surface area contributed by atoms with Gasteiger partial charge in [-0.05, 0) is 80.9 Å². The van der Waals surface area contributed by atoms with Gasteiger partial charge in [0.15, 0.2) is 0 Å². The molecule has 1 fully saturated rings. The van der Waals surface area contributed by atoms with E-state index in [9.17, 15) is 28.8 Å². The lowest BCUT2D eigenvalue weighted by Gasteiger charge is -2.34. The van der Waals surface area contributed by atoms with Crippen molar-refractivity contribution >= 4 is 47.1 Å². The van der Waals surface area contributed by atoms with E-state index in [1.165, 1.54) is 13.2 Å². The van der Waals surface area contributed by atoms with Crippen LogP contribution in [0.4, 0.5) is 0 Å². The molecule has 4 rings (SSSR count). The summed E-state index contributed by atoms with van der Waals surface area (Å²) < 4.78 is 17.6. The van der Waals surface area contributed by atoms with Gasteiger partial charge in [-0.3, -0.25) is 24.0 Å². The second-order valence-electron chi connectivity index (χ2n) is 17.8. The molecule has 0 spiro atoms. The number of hydrogen-bond acceptors (Lipinski definition) is 10. The van der Waals surface area contributed by atoms with Crippen LogP contribution in [0.2, 0.25) is 5.02 Å². The van der Waals surface area contributed by atoms with E-state index in [1.807, 2.05) is 58.9 Å². The van der Waals surface area contributed by atoms with Crippen LogP contribution in [0.25, 0.3) is 0 Å². The summed E-state index contributed by atoms with van der Waals surface area (Å²) in [4.78, 5) is 80.1. The van der Waals surface area contributed by atoms with Crippen LogP contribution in [0, 0.1) is 23.2 Å². The van der Waals surface area contributed by atoms with Crippen LogP contribution in [0.5, 0.6) is 5.75 Å². The van der Waals surface area contributed by atoms with Crippen LogP contribution in [-0.2, 0) is 51.2 Å². The van der Waals surface area contributed by atoms with Gasteiger partial charge in [-0.15, -0.1) is 0 Å². The lowest BCUT2D eigenvalue weighted by molar-refractivity contribution is -0.157. The molecule has 340 valence electrons. The number of carbonyl (C=O) groups is 6. The van der Waals surface area contributed by atoms with E-state index in [4.69, 9.17) is 31.5 Å². The molecular weight excluding hydrogens is 816 g/mol. The standard InChI is InChI=1S/C46H65ClN6O9/c1-24(2)20-34-44(58)61-35(26(5)39-40(62-39)31-17-14-29(15-18-31)23-49-41(55)27(6)50-43(57)38(48)25(3)4)12-11-13-37(54)52-33(22-30-16-19-36(60-10)32(47)21-30)42(56)51-28(7)46(8,9)45(59)53-34/h11,13-19,21,24-28,33-35,38-40H,12,20,22-23,48H2,1-10H3,(H,49,55)(H,50,57)(H,51,56)(H,52,54)(H,53,59)/b13-11+/t26?,27?,28?,33-,34+,35+,38?,39-,40-/m1/s1. The van der Waals surface area contributed by atoms with Gasteiger partial charge in [-0.2, -0.15) is 0 Å². The van der Waals surface area contributed by atoms with Crippen molar-refractivity contribution in [3.8, 4) is 5.75 Å². The molecule has 1 saturated heterocycles. The zero-order valence-corrected chi connectivity index (χ0v) is 38.3. The van der Waals surface area contributed by atoms with E-state index >= 15 is 0 Å². The Morgan fingerprint density at radius 1 is 0.935 bits per heavy atom. The molecule has 2 aliphatic rings. The maximum Gasteiger partial charge on any atom is 0.328 e. The molecule has 9 atom stereocenters. The van der Waals surface area contributed by atoms with E-state index in [2.05, 4.69) is 26.6 Å². The van der Waals surface area contributed by atoms with Gasteiger partial charge < -0.3 is 46.5 Å². The lowest BCUT2D eigenvalue weighted by atomic mass is 9.83. The molecule has 7 N–H and O–H groups in total. The van der Waals surface area contributed by atoms with Crippen LogP contribution in [0.1, 0.15) is 97.9 Å². The minimum Gasteiger partial charge on any atom is -0.495 e. The fourth-order valence-electron chi connectivity index (χ4n) is 6.98. The maximum atomic E-state index is 14.0. The topological polar surface area (TPSA) is 220 Å². The number of methoxy groups -OCH3 is 1. The molecule has 5 amide bonds. The van der Waals surface area contributed by atoms with E-state index in [0.717, 1.165) is 11.1 Å². The highest BCUT2D eigenvalue weighted by Gasteiger charge is 2.48. The van der Waals surface area contributed by atoms with Crippen molar-refractivity contribution < 1.29 is 43.0 Å². The van der Waals surface area contributed by atoms with Gasteiger partial charge in [-0.25, -0.2) is 4.79 Å². The van der Waals surface area contributed by atoms with Gasteiger partial charge in [0, 0.05) is 31.3 Å². The smallest absolute Gasteiger partial charge is 0.328 e. The Labute approximate surface area is 370 Å². The molecule has 0 aromatic heterocycles. The molecule has 0 aliphatic carbocycles. The fourth-order valence-corrected chi connectivity index (χ4v) is 7.26. The van der Waals surface area contributed by atoms with Crippen molar-refractivity contribution in [1.29, 1.82) is 0 Å². The Balaban J connectivity index is 1.52. The second kappa shape index (κ2) is 21.9. The SMILES string of the molecule is COc1ccc(C[C@H]2NC(=O)/C=C/C[C@@H](C(C)[C@H]3O[C@@H]3c3ccc(CNC(=O)C(C)NC(=O)C(N)C(C)C)cc3)OC(=O)[C@H](CC(C)C)NC(=O)C(C)(C)C(C)NC2=O)cc1Cl. The number of benzene rings is 2. The molecule has 0 bridgehead atoms. The monoisotopic (exact) mass is 880 g/mol. The number of nitrogens with one attached hydrogen (secondary N) is 5. The third kappa shape index (κ3) is 13.5. The molecule has 62 heavy (non-hydrogen) atoms. The van der Waals surface area contributed by atoms with Gasteiger partial charge in [0.25, 0.3) is 0 Å². The molecule has 0 radical (unpaired) electrons. The highest BCUT2D eigenvalue weighted by molar-refractivity contribution is 6.32. The molecule has 2 aromatic rings. The first-order chi connectivity index (χ1) is 29.1. The number of halogens is 1. The molecule has 4 unspecified atom stereocenters. The highest BCUT2D eigenvalue weighted by atomic mass is 35.5. The first-order valence-electron chi connectivity index (χ1n) is 21.3. The first-order valence-corrected chi connectivity index (χ1v) is 21.7.